The van der Waals surface area contributed by atoms with E-state index in [1.54, 1.807) is 39.8 Å². The first-order chi connectivity index (χ1) is 18.3. The van der Waals surface area contributed by atoms with Gasteiger partial charge in [0.15, 0.2) is 0 Å². The van der Waals surface area contributed by atoms with E-state index in [1.165, 1.54) is 12.1 Å². The van der Waals surface area contributed by atoms with Gasteiger partial charge in [0.05, 0.1) is 34.9 Å². The molecule has 0 aliphatic carbocycles. The first-order valence-electron chi connectivity index (χ1n) is 12.9. The highest BCUT2D eigenvalue weighted by molar-refractivity contribution is 5.89. The van der Waals surface area contributed by atoms with Crippen LogP contribution in [0.15, 0.2) is 77.6 Å². The molecule has 0 aliphatic rings. The minimum absolute atomic E-state index is 0.0940. The van der Waals surface area contributed by atoms with E-state index in [0.29, 0.717) is 47.7 Å². The Labute approximate surface area is 221 Å². The molecule has 3 aromatic carbocycles. The van der Waals surface area contributed by atoms with Crippen LogP contribution in [0.1, 0.15) is 46.0 Å². The van der Waals surface area contributed by atoms with Crippen LogP contribution < -0.4 is 15.6 Å². The van der Waals surface area contributed by atoms with E-state index in [1.807, 2.05) is 58.0 Å². The number of carbonyl (C=O) groups excluding carboxylic acids is 1. The molecule has 4 rings (SSSR count). The molecule has 0 aliphatic heterocycles. The van der Waals surface area contributed by atoms with Crippen molar-refractivity contribution in [1.29, 1.82) is 0 Å². The second-order valence-electron chi connectivity index (χ2n) is 9.43. The Morgan fingerprint density at radius 3 is 2.37 bits per heavy atom. The summed E-state index contributed by atoms with van der Waals surface area (Å²) in [4.78, 5) is 34.0. The predicted octanol–water partition coefficient (Wildman–Crippen LogP) is 6.56. The van der Waals surface area contributed by atoms with Crippen molar-refractivity contribution in [2.24, 2.45) is 5.92 Å². The number of anilines is 1. The Bertz CT molecular complexity index is 1470. The van der Waals surface area contributed by atoms with E-state index in [2.05, 4.69) is 5.32 Å². The van der Waals surface area contributed by atoms with Crippen LogP contribution in [0.2, 0.25) is 0 Å². The number of benzene rings is 3. The van der Waals surface area contributed by atoms with Crippen LogP contribution in [0.25, 0.3) is 16.6 Å². The second-order valence-corrected chi connectivity index (χ2v) is 9.43. The van der Waals surface area contributed by atoms with Crippen LogP contribution >= 0.6 is 0 Å². The number of nitrogens with zero attached hydrogens (tertiary/aromatic N) is 3. The van der Waals surface area contributed by atoms with Crippen LogP contribution in [0.3, 0.4) is 0 Å². The standard InChI is InChI=1S/C30H33FN4O3/c1-5-27(34(19-20(3)4)30(37)33-26-14-10-8-12-24(26)31)28-32-25-13-9-7-11-23(25)29(36)35(28)21-15-17-22(18-16-21)38-6-2/h7-18,20,27H,5-6,19H2,1-4H3,(H,33,37). The lowest BCUT2D eigenvalue weighted by Crippen LogP contribution is -2.42. The van der Waals surface area contributed by atoms with Gasteiger partial charge in [-0.3, -0.25) is 9.36 Å². The van der Waals surface area contributed by atoms with Gasteiger partial charge in [-0.25, -0.2) is 14.2 Å². The normalized spacial score (nSPS) is 11.9. The number of rotatable bonds is 9. The van der Waals surface area contributed by atoms with Gasteiger partial charge in [0, 0.05) is 6.54 Å². The fourth-order valence-corrected chi connectivity index (χ4v) is 4.52. The minimum atomic E-state index is -0.562. The van der Waals surface area contributed by atoms with Crippen molar-refractivity contribution in [1.82, 2.24) is 14.5 Å². The molecule has 198 valence electrons. The number of carbonyl (C=O) groups is 1. The Morgan fingerprint density at radius 1 is 1.03 bits per heavy atom. The molecule has 1 atom stereocenters. The molecule has 0 fully saturated rings. The van der Waals surface area contributed by atoms with Gasteiger partial charge in [-0.2, -0.15) is 0 Å². The van der Waals surface area contributed by atoms with Crippen molar-refractivity contribution in [2.75, 3.05) is 18.5 Å². The van der Waals surface area contributed by atoms with Crippen molar-refractivity contribution < 1.29 is 13.9 Å². The number of fused-ring (bicyclic) bond motifs is 1. The molecule has 38 heavy (non-hydrogen) atoms. The fourth-order valence-electron chi connectivity index (χ4n) is 4.52. The SMILES string of the molecule is CCOc1ccc(-n2c(C(CC)N(CC(C)C)C(=O)Nc3ccccc3F)nc3ccccc3c2=O)cc1. The van der Waals surface area contributed by atoms with Gasteiger partial charge in [-0.05, 0) is 67.8 Å². The zero-order valence-electron chi connectivity index (χ0n) is 22.1. The lowest BCUT2D eigenvalue weighted by Gasteiger charge is -2.33. The van der Waals surface area contributed by atoms with E-state index >= 15 is 0 Å². The average molecular weight is 517 g/mol. The lowest BCUT2D eigenvalue weighted by molar-refractivity contribution is 0.171. The highest BCUT2D eigenvalue weighted by Crippen LogP contribution is 2.28. The first-order valence-corrected chi connectivity index (χ1v) is 12.9. The molecular formula is C30H33FN4O3. The van der Waals surface area contributed by atoms with Crippen molar-refractivity contribution in [3.8, 4) is 11.4 Å². The molecule has 0 saturated heterocycles. The molecule has 8 heteroatoms. The van der Waals surface area contributed by atoms with Gasteiger partial charge in [-0.1, -0.05) is 45.0 Å². The van der Waals surface area contributed by atoms with Gasteiger partial charge in [0.25, 0.3) is 5.56 Å². The molecule has 1 unspecified atom stereocenters. The average Bonchev–Trinajstić information content (AvgIpc) is 2.90. The smallest absolute Gasteiger partial charge is 0.322 e. The van der Waals surface area contributed by atoms with E-state index in [9.17, 15) is 14.0 Å². The maximum absolute atomic E-state index is 14.4. The topological polar surface area (TPSA) is 76.5 Å². The van der Waals surface area contributed by atoms with E-state index in [4.69, 9.17) is 9.72 Å². The number of aromatic nitrogens is 2. The van der Waals surface area contributed by atoms with Crippen LogP contribution in [0, 0.1) is 11.7 Å². The van der Waals surface area contributed by atoms with Crippen LogP contribution in [0.5, 0.6) is 5.75 Å². The monoisotopic (exact) mass is 516 g/mol. The molecule has 0 bridgehead atoms. The first kappa shape index (κ1) is 26.9. The lowest BCUT2D eigenvalue weighted by atomic mass is 10.1. The number of amides is 2. The highest BCUT2D eigenvalue weighted by atomic mass is 19.1. The summed E-state index contributed by atoms with van der Waals surface area (Å²) in [6.45, 7) is 8.77. The summed E-state index contributed by atoms with van der Waals surface area (Å²) in [5.74, 6) is 0.720. The molecule has 1 aromatic heterocycles. The van der Waals surface area contributed by atoms with E-state index < -0.39 is 17.9 Å². The van der Waals surface area contributed by atoms with Crippen molar-refractivity contribution in [3.05, 3.63) is 94.8 Å². The number of halogens is 1. The van der Waals surface area contributed by atoms with Gasteiger partial charge in [0.2, 0.25) is 0 Å². The largest absolute Gasteiger partial charge is 0.494 e. The van der Waals surface area contributed by atoms with Crippen LogP contribution in [-0.2, 0) is 0 Å². The maximum Gasteiger partial charge on any atom is 0.322 e. The van der Waals surface area contributed by atoms with Gasteiger partial charge in [-0.15, -0.1) is 0 Å². The van der Waals surface area contributed by atoms with E-state index in [-0.39, 0.29) is 17.2 Å². The Hall–Kier alpha value is -4.20. The highest BCUT2D eigenvalue weighted by Gasteiger charge is 2.30. The minimum Gasteiger partial charge on any atom is -0.494 e. The van der Waals surface area contributed by atoms with Crippen molar-refractivity contribution in [2.45, 2.75) is 40.2 Å². The molecule has 0 radical (unpaired) electrons. The van der Waals surface area contributed by atoms with E-state index in [0.717, 1.165) is 0 Å². The van der Waals surface area contributed by atoms with Gasteiger partial charge in [0.1, 0.15) is 17.4 Å². The summed E-state index contributed by atoms with van der Waals surface area (Å²) in [6.07, 6.45) is 0.485. The maximum atomic E-state index is 14.4. The third kappa shape index (κ3) is 5.69. The van der Waals surface area contributed by atoms with Crippen molar-refractivity contribution >= 4 is 22.6 Å². The fraction of sp³-hybridized carbons (Fsp3) is 0.300. The number of hydrogen-bond acceptors (Lipinski definition) is 4. The van der Waals surface area contributed by atoms with Crippen LogP contribution in [0.4, 0.5) is 14.9 Å². The summed E-state index contributed by atoms with van der Waals surface area (Å²) in [5, 5.41) is 3.19. The summed E-state index contributed by atoms with van der Waals surface area (Å²) < 4.78 is 21.5. The van der Waals surface area contributed by atoms with Crippen LogP contribution in [-0.4, -0.2) is 33.6 Å². The molecular weight excluding hydrogens is 483 g/mol. The number of nitrogens with one attached hydrogen (secondary N) is 1. The third-order valence-corrected chi connectivity index (χ3v) is 6.21. The number of para-hydroxylation sites is 2. The molecule has 1 heterocycles. The molecule has 7 nitrogen and oxygen atoms in total. The van der Waals surface area contributed by atoms with Gasteiger partial charge < -0.3 is 15.0 Å². The van der Waals surface area contributed by atoms with Gasteiger partial charge >= 0.3 is 6.03 Å². The Kier molecular flexibility index (Phi) is 8.41. The summed E-state index contributed by atoms with van der Waals surface area (Å²) in [6, 6.07) is 19.4. The predicted molar refractivity (Wildman–Crippen MR) is 149 cm³/mol. The molecule has 0 saturated carbocycles. The zero-order chi connectivity index (χ0) is 27.2. The molecule has 0 spiro atoms. The van der Waals surface area contributed by atoms with Crippen molar-refractivity contribution in [3.63, 3.8) is 0 Å². The molecule has 4 aromatic rings. The number of urea groups is 1. The Balaban J connectivity index is 1.87. The third-order valence-electron chi connectivity index (χ3n) is 6.21. The number of ether oxygens (including phenoxy) is 1. The summed E-state index contributed by atoms with van der Waals surface area (Å²) in [7, 11) is 0. The summed E-state index contributed by atoms with van der Waals surface area (Å²) in [5.41, 5.74) is 1.03. The molecule has 1 N–H and O–H groups in total. The molecule has 2 amide bonds. The Morgan fingerprint density at radius 2 is 1.71 bits per heavy atom. The zero-order valence-corrected chi connectivity index (χ0v) is 22.1. The number of hydrogen-bond donors (Lipinski definition) is 1. The second kappa shape index (κ2) is 11.9. The quantitative estimate of drug-likeness (QED) is 0.273. The summed E-state index contributed by atoms with van der Waals surface area (Å²) >= 11 is 0.